The van der Waals surface area contributed by atoms with Gasteiger partial charge in [-0.1, -0.05) is 25.1 Å². The number of hydrogen-bond donors (Lipinski definition) is 0. The van der Waals surface area contributed by atoms with Gasteiger partial charge in [-0.2, -0.15) is 0 Å². The van der Waals surface area contributed by atoms with Crippen molar-refractivity contribution in [1.82, 2.24) is 4.90 Å². The molecule has 0 spiro atoms. The second-order valence-corrected chi connectivity index (χ2v) is 8.19. The molecule has 2 heterocycles. The highest BCUT2D eigenvalue weighted by Gasteiger charge is 2.23. The molecule has 3 aromatic rings. The molecule has 27 heavy (non-hydrogen) atoms. The van der Waals surface area contributed by atoms with Crippen LogP contribution in [0.2, 0.25) is 0 Å². The second-order valence-electron chi connectivity index (χ2n) is 7.10. The van der Waals surface area contributed by atoms with Gasteiger partial charge in [0.05, 0.1) is 4.88 Å². The van der Waals surface area contributed by atoms with Crippen LogP contribution in [0.1, 0.15) is 29.4 Å². The number of hydrogen-bond acceptors (Lipinski definition) is 3. The molecule has 3 nitrogen and oxygen atoms in total. The first kappa shape index (κ1) is 17.8. The molecule has 1 aliphatic heterocycles. The van der Waals surface area contributed by atoms with E-state index in [-0.39, 0.29) is 5.91 Å². The fraction of sp³-hybridized carbons (Fsp3) is 0.261. The maximum atomic E-state index is 12.8. The van der Waals surface area contributed by atoms with Gasteiger partial charge in [-0.15, -0.1) is 11.3 Å². The van der Waals surface area contributed by atoms with Crippen LogP contribution in [0.5, 0.6) is 11.5 Å². The number of thiophene rings is 1. The lowest BCUT2D eigenvalue weighted by atomic mass is 10.0. The first-order valence-electron chi connectivity index (χ1n) is 9.41. The quantitative estimate of drug-likeness (QED) is 0.551. The maximum Gasteiger partial charge on any atom is 0.263 e. The Bertz CT molecular complexity index is 902. The van der Waals surface area contributed by atoms with Gasteiger partial charge in [-0.3, -0.25) is 4.79 Å². The van der Waals surface area contributed by atoms with Crippen molar-refractivity contribution in [3.05, 3.63) is 71.6 Å². The molecule has 1 aliphatic rings. The summed E-state index contributed by atoms with van der Waals surface area (Å²) in [5.41, 5.74) is 1.10. The molecule has 138 valence electrons. The van der Waals surface area contributed by atoms with Crippen LogP contribution in [0.25, 0.3) is 10.4 Å². The van der Waals surface area contributed by atoms with Crippen molar-refractivity contribution in [1.29, 1.82) is 0 Å². The molecule has 0 N–H and O–H groups in total. The van der Waals surface area contributed by atoms with Crippen molar-refractivity contribution in [3.63, 3.8) is 0 Å². The third-order valence-corrected chi connectivity index (χ3v) is 6.00. The number of amides is 1. The lowest BCUT2D eigenvalue weighted by molar-refractivity contribution is 0.0688. The molecule has 0 aliphatic carbocycles. The van der Waals surface area contributed by atoms with Crippen molar-refractivity contribution < 1.29 is 9.53 Å². The molecule has 1 amide bonds. The van der Waals surface area contributed by atoms with Gasteiger partial charge in [-0.25, -0.2) is 0 Å². The van der Waals surface area contributed by atoms with Gasteiger partial charge >= 0.3 is 0 Å². The zero-order valence-corrected chi connectivity index (χ0v) is 16.2. The number of benzene rings is 2. The molecule has 1 saturated heterocycles. The number of rotatable bonds is 4. The topological polar surface area (TPSA) is 29.5 Å². The molecule has 2 aromatic carbocycles. The Balaban J connectivity index is 1.45. The Labute approximate surface area is 164 Å². The molecule has 0 unspecified atom stereocenters. The summed E-state index contributed by atoms with van der Waals surface area (Å²) in [4.78, 5) is 16.7. The number of nitrogens with zero attached hydrogens (tertiary/aromatic N) is 1. The summed E-state index contributed by atoms with van der Waals surface area (Å²) in [7, 11) is 0. The monoisotopic (exact) mass is 377 g/mol. The Morgan fingerprint density at radius 1 is 1.00 bits per heavy atom. The van der Waals surface area contributed by atoms with Crippen LogP contribution in [-0.4, -0.2) is 23.9 Å². The fourth-order valence-electron chi connectivity index (χ4n) is 3.45. The van der Waals surface area contributed by atoms with Crippen molar-refractivity contribution in [2.45, 2.75) is 19.8 Å². The molecular formula is C23H23NO2S. The summed E-state index contributed by atoms with van der Waals surface area (Å²) < 4.78 is 5.84. The maximum absolute atomic E-state index is 12.8. The predicted octanol–water partition coefficient (Wildman–Crippen LogP) is 6.08. The minimum atomic E-state index is 0.168. The van der Waals surface area contributed by atoms with Crippen LogP contribution in [-0.2, 0) is 0 Å². The Kier molecular flexibility index (Phi) is 5.26. The fourth-order valence-corrected chi connectivity index (χ4v) is 4.43. The third-order valence-electron chi connectivity index (χ3n) is 4.88. The Morgan fingerprint density at radius 2 is 1.74 bits per heavy atom. The Morgan fingerprint density at radius 3 is 2.48 bits per heavy atom. The van der Waals surface area contributed by atoms with E-state index in [1.54, 1.807) is 11.3 Å². The van der Waals surface area contributed by atoms with Gasteiger partial charge in [0, 0.05) is 18.0 Å². The molecule has 0 radical (unpaired) electrons. The van der Waals surface area contributed by atoms with Gasteiger partial charge in [0.15, 0.2) is 0 Å². The number of carbonyl (C=O) groups is 1. The summed E-state index contributed by atoms with van der Waals surface area (Å²) in [6.07, 6.45) is 2.32. The van der Waals surface area contributed by atoms with E-state index in [4.69, 9.17) is 4.74 Å². The standard InChI is InChI=1S/C23H23NO2S/c1-17-6-5-15-24(16-17)23(25)22-14-13-21(27-22)18-9-11-20(12-10-18)26-19-7-3-2-4-8-19/h2-4,7-14,17H,5-6,15-16H2,1H3/t17-/m0/s1. The lowest BCUT2D eigenvalue weighted by Gasteiger charge is -2.30. The first-order chi connectivity index (χ1) is 13.2. The second kappa shape index (κ2) is 7.97. The summed E-state index contributed by atoms with van der Waals surface area (Å²) in [6, 6.07) is 21.8. The summed E-state index contributed by atoms with van der Waals surface area (Å²) in [5, 5.41) is 0. The van der Waals surface area contributed by atoms with Crippen LogP contribution in [0.15, 0.2) is 66.7 Å². The van der Waals surface area contributed by atoms with E-state index in [9.17, 15) is 4.79 Å². The molecule has 1 atom stereocenters. The minimum absolute atomic E-state index is 0.168. The van der Waals surface area contributed by atoms with E-state index in [0.29, 0.717) is 5.92 Å². The van der Waals surface area contributed by atoms with Crippen LogP contribution < -0.4 is 4.74 Å². The highest BCUT2D eigenvalue weighted by Crippen LogP contribution is 2.31. The molecule has 0 bridgehead atoms. The number of para-hydroxylation sites is 1. The molecule has 4 rings (SSSR count). The van der Waals surface area contributed by atoms with Crippen molar-refractivity contribution in [3.8, 4) is 21.9 Å². The number of ether oxygens (including phenoxy) is 1. The summed E-state index contributed by atoms with van der Waals surface area (Å²) in [5.74, 6) is 2.39. The van der Waals surface area contributed by atoms with Crippen molar-refractivity contribution in [2.75, 3.05) is 13.1 Å². The predicted molar refractivity (Wildman–Crippen MR) is 111 cm³/mol. The molecule has 1 fully saturated rings. The van der Waals surface area contributed by atoms with E-state index in [1.807, 2.05) is 71.6 Å². The molecular weight excluding hydrogens is 354 g/mol. The number of likely N-dealkylation sites (tertiary alicyclic amines) is 1. The van der Waals surface area contributed by atoms with Crippen molar-refractivity contribution in [2.24, 2.45) is 5.92 Å². The highest BCUT2D eigenvalue weighted by molar-refractivity contribution is 7.17. The molecule has 0 saturated carbocycles. The van der Waals surface area contributed by atoms with Gasteiger partial charge in [0.1, 0.15) is 11.5 Å². The summed E-state index contributed by atoms with van der Waals surface area (Å²) >= 11 is 1.57. The van der Waals surface area contributed by atoms with Crippen molar-refractivity contribution >= 4 is 17.2 Å². The smallest absolute Gasteiger partial charge is 0.263 e. The van der Waals surface area contributed by atoms with E-state index >= 15 is 0 Å². The zero-order chi connectivity index (χ0) is 18.6. The third kappa shape index (κ3) is 4.22. The molecule has 4 heteroatoms. The SMILES string of the molecule is C[C@H]1CCCN(C(=O)c2ccc(-c3ccc(Oc4ccccc4)cc3)s2)C1. The van der Waals surface area contributed by atoms with Gasteiger partial charge in [0.2, 0.25) is 0 Å². The summed E-state index contributed by atoms with van der Waals surface area (Å²) in [6.45, 7) is 3.97. The molecule has 1 aromatic heterocycles. The lowest BCUT2D eigenvalue weighted by Crippen LogP contribution is -2.38. The number of piperidine rings is 1. The van der Waals surface area contributed by atoms with Gasteiger partial charge < -0.3 is 9.64 Å². The largest absolute Gasteiger partial charge is 0.457 e. The van der Waals surface area contributed by atoms with E-state index in [2.05, 4.69) is 6.92 Å². The minimum Gasteiger partial charge on any atom is -0.457 e. The van der Waals surface area contributed by atoms with Crippen LogP contribution >= 0.6 is 11.3 Å². The Hall–Kier alpha value is -2.59. The number of carbonyl (C=O) groups excluding carboxylic acids is 1. The average Bonchev–Trinajstić information content (AvgIpc) is 3.19. The zero-order valence-electron chi connectivity index (χ0n) is 15.4. The first-order valence-corrected chi connectivity index (χ1v) is 10.2. The highest BCUT2D eigenvalue weighted by atomic mass is 32.1. The van der Waals surface area contributed by atoms with Crippen LogP contribution in [0.4, 0.5) is 0 Å². The van der Waals surface area contributed by atoms with Crippen LogP contribution in [0.3, 0.4) is 0 Å². The average molecular weight is 378 g/mol. The van der Waals surface area contributed by atoms with Crippen LogP contribution in [0, 0.1) is 5.92 Å². The van der Waals surface area contributed by atoms with E-state index in [0.717, 1.165) is 46.3 Å². The van der Waals surface area contributed by atoms with Gasteiger partial charge in [-0.05, 0) is 72.9 Å². The van der Waals surface area contributed by atoms with Gasteiger partial charge in [0.25, 0.3) is 5.91 Å². The van der Waals surface area contributed by atoms with E-state index in [1.165, 1.54) is 6.42 Å². The van der Waals surface area contributed by atoms with E-state index < -0.39 is 0 Å². The normalized spacial score (nSPS) is 16.9.